The standard InChI is InChI=1S/C11H6O3.C5H12N4/c12-6-7-5-10(13)8-3-1-2-4-9(8)11(7)14;1-7-3-5(9-6)4-8-2/h1-6H;3,8H,4,6H2,1-2H3/b;7-3?,9-5+. The van der Waals surface area contributed by atoms with E-state index in [1.165, 1.54) is 0 Å². The number of hydrogen-bond donors (Lipinski definition) is 2. The van der Waals surface area contributed by atoms with E-state index in [2.05, 4.69) is 15.4 Å². The second kappa shape index (κ2) is 9.16. The zero-order valence-corrected chi connectivity index (χ0v) is 12.9. The number of nitrogens with one attached hydrogen (secondary N) is 1. The lowest BCUT2D eigenvalue weighted by Gasteiger charge is -2.10. The Hall–Kier alpha value is -2.93. The van der Waals surface area contributed by atoms with E-state index in [9.17, 15) is 14.4 Å². The van der Waals surface area contributed by atoms with Gasteiger partial charge in [0.15, 0.2) is 17.9 Å². The molecule has 0 radical (unpaired) electrons. The average Bonchev–Trinajstić information content (AvgIpc) is 2.58. The van der Waals surface area contributed by atoms with Crippen LogP contribution in [0.15, 0.2) is 46.0 Å². The van der Waals surface area contributed by atoms with Crippen LogP contribution in [0.25, 0.3) is 0 Å². The summed E-state index contributed by atoms with van der Waals surface area (Å²) in [5.41, 5.74) is 1.35. The highest BCUT2D eigenvalue weighted by atomic mass is 16.1. The smallest absolute Gasteiger partial charge is 0.197 e. The molecular formula is C16H18N4O3. The zero-order valence-electron chi connectivity index (χ0n) is 12.9. The Kier molecular flexibility index (Phi) is 7.22. The summed E-state index contributed by atoms with van der Waals surface area (Å²) < 4.78 is 0. The van der Waals surface area contributed by atoms with Crippen LogP contribution >= 0.6 is 0 Å². The van der Waals surface area contributed by atoms with Crippen LogP contribution < -0.4 is 11.2 Å². The lowest BCUT2D eigenvalue weighted by molar-refractivity contribution is -0.104. The van der Waals surface area contributed by atoms with Gasteiger partial charge in [-0.2, -0.15) is 5.10 Å². The molecule has 1 aliphatic carbocycles. The van der Waals surface area contributed by atoms with E-state index < -0.39 is 0 Å². The molecule has 0 bridgehead atoms. The summed E-state index contributed by atoms with van der Waals surface area (Å²) in [5, 5.41) is 6.37. The molecule has 0 amide bonds. The fraction of sp³-hybridized carbons (Fsp3) is 0.188. The van der Waals surface area contributed by atoms with Gasteiger partial charge in [-0.15, -0.1) is 0 Å². The van der Waals surface area contributed by atoms with Gasteiger partial charge in [-0.1, -0.05) is 24.3 Å². The molecule has 0 saturated heterocycles. The van der Waals surface area contributed by atoms with Crippen LogP contribution in [0.1, 0.15) is 20.7 Å². The number of Topliss-reactive ketones (excluding diaryl/α,β-unsaturated/α-hetero) is 1. The van der Waals surface area contributed by atoms with Crippen molar-refractivity contribution >= 4 is 29.8 Å². The number of hydrogen-bond acceptors (Lipinski definition) is 7. The summed E-state index contributed by atoms with van der Waals surface area (Å²) in [4.78, 5) is 37.2. The molecule has 0 aliphatic heterocycles. The molecule has 0 unspecified atom stereocenters. The van der Waals surface area contributed by atoms with Gasteiger partial charge in [0, 0.05) is 37.0 Å². The number of benzene rings is 1. The van der Waals surface area contributed by atoms with Crippen molar-refractivity contribution in [3.63, 3.8) is 0 Å². The molecule has 7 nitrogen and oxygen atoms in total. The fourth-order valence-electron chi connectivity index (χ4n) is 1.88. The van der Waals surface area contributed by atoms with Gasteiger partial charge < -0.3 is 11.2 Å². The second-order valence-corrected chi connectivity index (χ2v) is 4.49. The summed E-state index contributed by atoms with van der Waals surface area (Å²) in [7, 11) is 3.51. The normalized spacial score (nSPS) is 14.0. The maximum Gasteiger partial charge on any atom is 0.197 e. The third-order valence-electron chi connectivity index (χ3n) is 2.91. The summed E-state index contributed by atoms with van der Waals surface area (Å²) in [5.74, 6) is 4.33. The lowest BCUT2D eigenvalue weighted by atomic mass is 9.90. The number of allylic oxidation sites excluding steroid dienone is 2. The highest BCUT2D eigenvalue weighted by Crippen LogP contribution is 2.19. The summed E-state index contributed by atoms with van der Waals surface area (Å²) in [6, 6.07) is 6.47. The molecular weight excluding hydrogens is 296 g/mol. The Morgan fingerprint density at radius 3 is 2.43 bits per heavy atom. The molecule has 0 fully saturated rings. The van der Waals surface area contributed by atoms with E-state index in [1.807, 2.05) is 7.05 Å². The van der Waals surface area contributed by atoms with Crippen LogP contribution in [0.4, 0.5) is 0 Å². The van der Waals surface area contributed by atoms with E-state index >= 15 is 0 Å². The van der Waals surface area contributed by atoms with E-state index in [-0.39, 0.29) is 17.1 Å². The van der Waals surface area contributed by atoms with E-state index in [1.54, 1.807) is 37.5 Å². The van der Waals surface area contributed by atoms with Crippen molar-refractivity contribution < 1.29 is 14.4 Å². The number of aliphatic imine (C=N–C) groups is 1. The van der Waals surface area contributed by atoms with E-state index in [4.69, 9.17) is 5.84 Å². The molecule has 120 valence electrons. The highest BCUT2D eigenvalue weighted by molar-refractivity contribution is 6.31. The molecule has 7 heteroatoms. The Morgan fingerprint density at radius 1 is 1.26 bits per heavy atom. The first-order valence-corrected chi connectivity index (χ1v) is 6.77. The minimum atomic E-state index is -0.379. The third-order valence-corrected chi connectivity index (χ3v) is 2.91. The summed E-state index contributed by atoms with van der Waals surface area (Å²) in [6.07, 6.45) is 3.12. The molecule has 1 aromatic carbocycles. The number of rotatable bonds is 4. The Bertz CT molecular complexity index is 690. The average molecular weight is 314 g/mol. The Labute approximate surface area is 134 Å². The zero-order chi connectivity index (χ0) is 17.2. The number of hydrazone groups is 1. The molecule has 1 aliphatic rings. The topological polar surface area (TPSA) is 114 Å². The first kappa shape index (κ1) is 18.1. The molecule has 0 aromatic heterocycles. The Balaban J connectivity index is 0.000000257. The van der Waals surface area contributed by atoms with Gasteiger partial charge >= 0.3 is 0 Å². The maximum absolute atomic E-state index is 11.5. The van der Waals surface area contributed by atoms with Crippen molar-refractivity contribution in [3.05, 3.63) is 47.0 Å². The van der Waals surface area contributed by atoms with Crippen molar-refractivity contribution in [1.29, 1.82) is 0 Å². The molecule has 0 atom stereocenters. The van der Waals surface area contributed by atoms with E-state index in [0.29, 0.717) is 24.0 Å². The molecule has 1 aromatic rings. The van der Waals surface area contributed by atoms with Crippen LogP contribution in [-0.4, -0.2) is 50.4 Å². The quantitative estimate of drug-likeness (QED) is 0.275. The van der Waals surface area contributed by atoms with E-state index in [0.717, 1.165) is 11.8 Å². The number of carbonyl (C=O) groups excluding carboxylic acids is 3. The highest BCUT2D eigenvalue weighted by Gasteiger charge is 2.24. The van der Waals surface area contributed by atoms with Crippen molar-refractivity contribution in [2.24, 2.45) is 15.9 Å². The minimum absolute atomic E-state index is 0.0753. The number of nitrogens with two attached hydrogens (primary N) is 1. The molecule has 0 heterocycles. The molecule has 2 rings (SSSR count). The predicted molar refractivity (Wildman–Crippen MR) is 89.2 cm³/mol. The van der Waals surface area contributed by atoms with Crippen molar-refractivity contribution in [2.45, 2.75) is 0 Å². The van der Waals surface area contributed by atoms with Gasteiger partial charge in [0.2, 0.25) is 0 Å². The largest absolute Gasteiger partial charge is 0.323 e. The summed E-state index contributed by atoms with van der Waals surface area (Å²) >= 11 is 0. The Morgan fingerprint density at radius 2 is 1.91 bits per heavy atom. The van der Waals surface area contributed by atoms with Crippen molar-refractivity contribution in [2.75, 3.05) is 20.6 Å². The van der Waals surface area contributed by atoms with Gasteiger partial charge in [-0.25, -0.2) is 0 Å². The fourth-order valence-corrected chi connectivity index (χ4v) is 1.88. The second-order valence-electron chi connectivity index (χ2n) is 4.49. The minimum Gasteiger partial charge on any atom is -0.323 e. The van der Waals surface area contributed by atoms with Gasteiger partial charge in [-0.05, 0) is 7.05 Å². The number of fused-ring (bicyclic) bond motifs is 1. The first-order valence-electron chi connectivity index (χ1n) is 6.77. The van der Waals surface area contributed by atoms with Crippen LogP contribution in [0, 0.1) is 0 Å². The first-order chi connectivity index (χ1) is 11.1. The maximum atomic E-state index is 11.5. The monoisotopic (exact) mass is 314 g/mol. The van der Waals surface area contributed by atoms with Crippen LogP contribution in [0.5, 0.6) is 0 Å². The number of aldehydes is 1. The molecule has 23 heavy (non-hydrogen) atoms. The SMILES string of the molecule is CN=C/C(CNC)=N\N.O=CC1=CC(=O)c2ccccc2C1=O. The van der Waals surface area contributed by atoms with Gasteiger partial charge in [-0.3, -0.25) is 19.4 Å². The lowest BCUT2D eigenvalue weighted by Crippen LogP contribution is -2.20. The number of carbonyl (C=O) groups is 3. The van der Waals surface area contributed by atoms with Crippen molar-refractivity contribution in [3.8, 4) is 0 Å². The molecule has 0 saturated carbocycles. The molecule has 0 spiro atoms. The molecule has 3 N–H and O–H groups in total. The number of nitrogens with zero attached hydrogens (tertiary/aromatic N) is 2. The van der Waals surface area contributed by atoms with Gasteiger partial charge in [0.05, 0.1) is 11.3 Å². The van der Waals surface area contributed by atoms with Crippen molar-refractivity contribution in [1.82, 2.24) is 5.32 Å². The van der Waals surface area contributed by atoms with Crippen LogP contribution in [0.2, 0.25) is 0 Å². The van der Waals surface area contributed by atoms with Gasteiger partial charge in [0.1, 0.15) is 0 Å². The van der Waals surface area contributed by atoms with Crippen LogP contribution in [0.3, 0.4) is 0 Å². The summed E-state index contributed by atoms with van der Waals surface area (Å²) in [6.45, 7) is 0.661. The van der Waals surface area contributed by atoms with Crippen LogP contribution in [-0.2, 0) is 4.79 Å². The predicted octanol–water partition coefficient (Wildman–Crippen LogP) is 0.412. The van der Waals surface area contributed by atoms with Gasteiger partial charge in [0.25, 0.3) is 0 Å². The number of ketones is 2. The third kappa shape index (κ3) is 4.79.